The Labute approximate surface area is 161 Å². The third-order valence-electron chi connectivity index (χ3n) is 4.30. The van der Waals surface area contributed by atoms with Crippen molar-refractivity contribution in [2.75, 3.05) is 34.5 Å². The van der Waals surface area contributed by atoms with Crippen molar-refractivity contribution >= 4 is 40.9 Å². The van der Waals surface area contributed by atoms with Gasteiger partial charge >= 0.3 is 6.80 Å². The standard InChI is InChI=1S/C12H19B3O7PS.CH3O/c1-17-6-12-9(4-10(13)21-12)22-23(16,24-12)19-5-8-7(18-2)3-11(15-14)20-8;1-2/h7-11H,3-6H2,1-2H3;1H3/q;-1/t7-,8-,9-,10-,11-,12+,23?;/m1./s1. The fourth-order valence-electron chi connectivity index (χ4n) is 3.18. The molecule has 0 saturated carbocycles. The molecule has 0 aromatic rings. The molecule has 0 amide bonds. The van der Waals surface area contributed by atoms with Gasteiger partial charge in [-0.3, -0.25) is 9.05 Å². The Morgan fingerprint density at radius 3 is 2.73 bits per heavy atom. The quantitative estimate of drug-likeness (QED) is 0.409. The fraction of sp³-hybridized carbons (Fsp3) is 1.00. The van der Waals surface area contributed by atoms with E-state index in [0.717, 1.165) is 18.5 Å². The summed E-state index contributed by atoms with van der Waals surface area (Å²) in [6.07, 6.45) is 0.0984. The Bertz CT molecular complexity index is 506. The van der Waals surface area contributed by atoms with E-state index in [1.54, 1.807) is 14.2 Å². The van der Waals surface area contributed by atoms with Crippen LogP contribution in [-0.2, 0) is 32.6 Å². The Morgan fingerprint density at radius 2 is 2.12 bits per heavy atom. The van der Waals surface area contributed by atoms with Gasteiger partial charge in [0, 0.05) is 34.0 Å². The lowest BCUT2D eigenvalue weighted by Crippen LogP contribution is -2.37. The number of ether oxygens (including phenoxy) is 4. The molecule has 3 aliphatic heterocycles. The maximum Gasteiger partial charge on any atom is 0.392 e. The van der Waals surface area contributed by atoms with Gasteiger partial charge in [-0.25, -0.2) is 4.57 Å². The molecule has 3 aliphatic rings. The van der Waals surface area contributed by atoms with Crippen molar-refractivity contribution in [2.45, 2.75) is 48.1 Å². The van der Waals surface area contributed by atoms with Gasteiger partial charge in [0.2, 0.25) is 0 Å². The lowest BCUT2D eigenvalue weighted by atomic mass is 9.51. The summed E-state index contributed by atoms with van der Waals surface area (Å²) in [7, 11) is 16.7. The first kappa shape index (κ1) is 22.8. The summed E-state index contributed by atoms with van der Waals surface area (Å²) in [5.41, 5.74) is 0. The first-order valence-corrected chi connectivity index (χ1v) is 11.1. The molecule has 0 aromatic heterocycles. The van der Waals surface area contributed by atoms with Crippen molar-refractivity contribution in [1.29, 1.82) is 0 Å². The van der Waals surface area contributed by atoms with E-state index in [0.29, 0.717) is 12.8 Å². The highest BCUT2D eigenvalue weighted by Crippen LogP contribution is 2.75. The van der Waals surface area contributed by atoms with Crippen molar-refractivity contribution in [2.24, 2.45) is 0 Å². The Morgan fingerprint density at radius 1 is 1.38 bits per heavy atom. The zero-order valence-electron chi connectivity index (χ0n) is 15.1. The van der Waals surface area contributed by atoms with Gasteiger partial charge in [-0.05, 0) is 24.2 Å². The minimum absolute atomic E-state index is 0.0783. The van der Waals surface area contributed by atoms with Crippen LogP contribution in [0.15, 0.2) is 0 Å². The second-order valence-electron chi connectivity index (χ2n) is 5.98. The third kappa shape index (κ3) is 4.91. The van der Waals surface area contributed by atoms with Gasteiger partial charge in [0.15, 0.2) is 4.93 Å². The van der Waals surface area contributed by atoms with Crippen molar-refractivity contribution in [3.8, 4) is 0 Å². The van der Waals surface area contributed by atoms with Crippen LogP contribution in [0.2, 0.25) is 0 Å². The highest BCUT2D eigenvalue weighted by atomic mass is 32.7. The van der Waals surface area contributed by atoms with Gasteiger partial charge in [0.25, 0.3) is 0 Å². The first-order chi connectivity index (χ1) is 12.4. The summed E-state index contributed by atoms with van der Waals surface area (Å²) in [6, 6.07) is -0.675. The monoisotopic (exact) mass is 402 g/mol. The van der Waals surface area contributed by atoms with E-state index in [1.165, 1.54) is 7.17 Å². The summed E-state index contributed by atoms with van der Waals surface area (Å²) in [6.45, 7) is -3.11. The van der Waals surface area contributed by atoms with E-state index in [2.05, 4.69) is 0 Å². The zero-order chi connectivity index (χ0) is 19.4. The molecule has 143 valence electrons. The van der Waals surface area contributed by atoms with Crippen LogP contribution in [0.5, 0.6) is 0 Å². The van der Waals surface area contributed by atoms with Crippen LogP contribution in [-0.4, -0.2) is 92.5 Å². The second-order valence-corrected chi connectivity index (χ2v) is 10.1. The molecular weight excluding hydrogens is 380 g/mol. The van der Waals surface area contributed by atoms with Gasteiger partial charge in [-0.2, -0.15) is 7.11 Å². The average molecular weight is 402 g/mol. The summed E-state index contributed by atoms with van der Waals surface area (Å²) in [5.74, 6) is 0. The van der Waals surface area contributed by atoms with Crippen molar-refractivity contribution < 1.29 is 37.7 Å². The van der Waals surface area contributed by atoms with Gasteiger partial charge < -0.3 is 24.1 Å². The molecule has 13 heteroatoms. The van der Waals surface area contributed by atoms with Crippen molar-refractivity contribution in [3.63, 3.8) is 0 Å². The number of hydrogen-bond donors (Lipinski definition) is 0. The van der Waals surface area contributed by atoms with Crippen LogP contribution in [0.4, 0.5) is 0 Å². The van der Waals surface area contributed by atoms with Gasteiger partial charge in [-0.15, -0.1) is 0 Å². The maximum atomic E-state index is 12.9. The molecule has 3 saturated heterocycles. The van der Waals surface area contributed by atoms with Gasteiger partial charge in [-0.1, -0.05) is 0 Å². The van der Waals surface area contributed by atoms with E-state index in [-0.39, 0.29) is 31.4 Å². The smallest absolute Gasteiger partial charge is 0.392 e. The molecule has 26 heavy (non-hydrogen) atoms. The molecule has 3 fully saturated rings. The summed E-state index contributed by atoms with van der Waals surface area (Å²) in [5, 5.41) is 8.25. The van der Waals surface area contributed by atoms with Crippen LogP contribution in [0, 0.1) is 0 Å². The van der Waals surface area contributed by atoms with E-state index in [4.69, 9.17) is 48.7 Å². The summed E-state index contributed by atoms with van der Waals surface area (Å²) in [4.78, 5) is -0.894. The zero-order valence-corrected chi connectivity index (χ0v) is 16.8. The Kier molecular flexibility index (Phi) is 8.59. The molecule has 1 unspecified atom stereocenters. The predicted molar refractivity (Wildman–Crippen MR) is 97.4 cm³/mol. The molecule has 5 radical (unpaired) electrons. The van der Waals surface area contributed by atoms with Crippen LogP contribution < -0.4 is 5.11 Å². The van der Waals surface area contributed by atoms with Crippen LogP contribution in [0.3, 0.4) is 0 Å². The molecule has 3 heterocycles. The minimum Gasteiger partial charge on any atom is -0.857 e. The second kappa shape index (κ2) is 9.81. The first-order valence-electron chi connectivity index (χ1n) is 8.14. The molecule has 0 spiro atoms. The molecule has 7 atom stereocenters. The number of fused-ring (bicyclic) bond motifs is 1. The molecular formula is C13H22B3O8PS-. The highest BCUT2D eigenvalue weighted by Gasteiger charge is 2.62. The average Bonchev–Trinajstić information content (AvgIpc) is 3.23. The topological polar surface area (TPSA) is 95.5 Å². The maximum absolute atomic E-state index is 12.9. The Balaban J connectivity index is 0.00000117. The van der Waals surface area contributed by atoms with E-state index in [1.807, 2.05) is 0 Å². The van der Waals surface area contributed by atoms with Gasteiger partial charge in [0.05, 0.1) is 26.5 Å². The fourth-order valence-corrected chi connectivity index (χ4v) is 7.84. The molecule has 0 aromatic carbocycles. The molecule has 0 bridgehead atoms. The number of rotatable bonds is 7. The van der Waals surface area contributed by atoms with Crippen molar-refractivity contribution in [1.82, 2.24) is 0 Å². The van der Waals surface area contributed by atoms with Crippen LogP contribution >= 0.6 is 18.2 Å². The van der Waals surface area contributed by atoms with Gasteiger partial charge in [0.1, 0.15) is 20.1 Å². The molecule has 8 nitrogen and oxygen atoms in total. The van der Waals surface area contributed by atoms with E-state index in [9.17, 15) is 4.57 Å². The predicted octanol–water partition coefficient (Wildman–Crippen LogP) is -0.605. The molecule has 3 rings (SSSR count). The minimum atomic E-state index is -3.41. The third-order valence-corrected chi connectivity index (χ3v) is 8.46. The summed E-state index contributed by atoms with van der Waals surface area (Å²) >= 11 is 1.01. The Hall–Kier alpha value is 0.495. The van der Waals surface area contributed by atoms with Crippen LogP contribution in [0.1, 0.15) is 12.8 Å². The number of hydrogen-bond acceptors (Lipinski definition) is 9. The SMILES string of the molecule is C[O-].[B][B][C@H]1C[C@@H](OC)[C@@H](COP2(=O)O[C@@H]3C[C@H]([B])O[C@@]3(COC)S2)O1. The lowest BCUT2D eigenvalue weighted by molar-refractivity contribution is -0.325. The lowest BCUT2D eigenvalue weighted by Gasteiger charge is -2.24. The van der Waals surface area contributed by atoms with Crippen LogP contribution in [0.25, 0.3) is 0 Å². The van der Waals surface area contributed by atoms with E-state index >= 15 is 0 Å². The highest BCUT2D eigenvalue weighted by molar-refractivity contribution is 8.56. The normalized spacial score (nSPS) is 44.4. The van der Waals surface area contributed by atoms with E-state index < -0.39 is 23.8 Å². The van der Waals surface area contributed by atoms with Crippen molar-refractivity contribution in [3.05, 3.63) is 0 Å². The largest absolute Gasteiger partial charge is 0.857 e. The number of methoxy groups -OCH3 is 2. The summed E-state index contributed by atoms with van der Waals surface area (Å²) < 4.78 is 46.2. The molecule has 0 aliphatic carbocycles. The molecule has 0 N–H and O–H groups in total.